The summed E-state index contributed by atoms with van der Waals surface area (Å²) >= 11 is 0. The normalized spacial score (nSPS) is 12.1. The standard InChI is InChI=1S/C51H94O6/c1-4-7-10-13-16-19-22-25-28-31-34-37-40-43-49(52)55-46-48(57-51(54)45-42-39-36-33-30-27-24-21-18-15-12-9-6-3)47-56-50(53)44-41-38-35-32-29-26-23-20-17-14-11-8-5-2/h19-20,22-23,48H,4-18,21,24-47H2,1-3H3. The molecule has 0 bridgehead atoms. The highest BCUT2D eigenvalue weighted by Crippen LogP contribution is 2.15. The largest absolute Gasteiger partial charge is 0.462 e. The monoisotopic (exact) mass is 803 g/mol. The fourth-order valence-electron chi connectivity index (χ4n) is 7.14. The molecule has 0 amide bonds. The van der Waals surface area contributed by atoms with Crippen LogP contribution in [0.3, 0.4) is 0 Å². The molecule has 0 saturated heterocycles. The smallest absolute Gasteiger partial charge is 0.306 e. The van der Waals surface area contributed by atoms with Gasteiger partial charge in [-0.25, -0.2) is 0 Å². The van der Waals surface area contributed by atoms with Gasteiger partial charge in [0.05, 0.1) is 0 Å². The number of allylic oxidation sites excluding steroid dienone is 4. The maximum absolute atomic E-state index is 12.8. The van der Waals surface area contributed by atoms with Crippen molar-refractivity contribution in [1.82, 2.24) is 0 Å². The first-order valence-electron chi connectivity index (χ1n) is 24.8. The molecule has 334 valence electrons. The second kappa shape index (κ2) is 46.6. The van der Waals surface area contributed by atoms with E-state index in [9.17, 15) is 14.4 Å². The Kier molecular flexibility index (Phi) is 44.9. The molecule has 0 radical (unpaired) electrons. The first kappa shape index (κ1) is 54.9. The lowest BCUT2D eigenvalue weighted by Gasteiger charge is -2.18. The zero-order valence-electron chi connectivity index (χ0n) is 38.1. The van der Waals surface area contributed by atoms with Crippen LogP contribution in [-0.4, -0.2) is 37.2 Å². The Bertz CT molecular complexity index is 875. The van der Waals surface area contributed by atoms with Gasteiger partial charge in [-0.15, -0.1) is 0 Å². The number of hydrogen-bond donors (Lipinski definition) is 0. The SMILES string of the molecule is CCCCCCC=CCCCCCCCC(=O)OCC(COC(=O)CCCCCCCC=CCCCCCC)OC(=O)CCCCCCCCCCCCCCC. The van der Waals surface area contributed by atoms with E-state index in [4.69, 9.17) is 14.2 Å². The van der Waals surface area contributed by atoms with Crippen LogP contribution in [0.2, 0.25) is 0 Å². The van der Waals surface area contributed by atoms with E-state index >= 15 is 0 Å². The second-order valence-corrected chi connectivity index (χ2v) is 16.7. The quantitative estimate of drug-likeness (QED) is 0.0264. The maximum Gasteiger partial charge on any atom is 0.306 e. The minimum absolute atomic E-state index is 0.0750. The summed E-state index contributed by atoms with van der Waals surface area (Å²) in [5.41, 5.74) is 0. The molecule has 0 heterocycles. The number of ether oxygens (including phenoxy) is 3. The van der Waals surface area contributed by atoms with Crippen molar-refractivity contribution in [2.75, 3.05) is 13.2 Å². The molecule has 0 fully saturated rings. The Morgan fingerprint density at radius 2 is 0.579 bits per heavy atom. The van der Waals surface area contributed by atoms with E-state index in [1.807, 2.05) is 0 Å². The molecule has 0 aliphatic rings. The summed E-state index contributed by atoms with van der Waals surface area (Å²) < 4.78 is 16.8. The highest BCUT2D eigenvalue weighted by Gasteiger charge is 2.19. The Morgan fingerprint density at radius 3 is 0.895 bits per heavy atom. The molecule has 0 atom stereocenters. The van der Waals surface area contributed by atoms with Gasteiger partial charge in [-0.1, -0.05) is 199 Å². The Labute approximate surface area is 353 Å². The molecule has 0 unspecified atom stereocenters. The second-order valence-electron chi connectivity index (χ2n) is 16.7. The zero-order chi connectivity index (χ0) is 41.5. The maximum atomic E-state index is 12.8. The third kappa shape index (κ3) is 44.8. The molecule has 0 aromatic heterocycles. The van der Waals surface area contributed by atoms with E-state index in [2.05, 4.69) is 45.1 Å². The number of carbonyl (C=O) groups is 3. The Balaban J connectivity index is 4.37. The number of rotatable bonds is 45. The van der Waals surface area contributed by atoms with E-state index in [1.54, 1.807) is 0 Å². The van der Waals surface area contributed by atoms with Gasteiger partial charge in [0.2, 0.25) is 0 Å². The van der Waals surface area contributed by atoms with Crippen LogP contribution in [0.1, 0.15) is 265 Å². The van der Waals surface area contributed by atoms with Gasteiger partial charge < -0.3 is 14.2 Å². The van der Waals surface area contributed by atoms with E-state index < -0.39 is 6.10 Å². The van der Waals surface area contributed by atoms with Crippen molar-refractivity contribution in [1.29, 1.82) is 0 Å². The average Bonchev–Trinajstić information content (AvgIpc) is 3.21. The fraction of sp³-hybridized carbons (Fsp3) is 0.863. The predicted octanol–water partition coefficient (Wildman–Crippen LogP) is 16.0. The lowest BCUT2D eigenvalue weighted by Crippen LogP contribution is -2.30. The molecule has 57 heavy (non-hydrogen) atoms. The molecule has 0 aliphatic heterocycles. The fourth-order valence-corrected chi connectivity index (χ4v) is 7.14. The third-order valence-corrected chi connectivity index (χ3v) is 10.9. The highest BCUT2D eigenvalue weighted by atomic mass is 16.6. The van der Waals surface area contributed by atoms with Crippen molar-refractivity contribution < 1.29 is 28.6 Å². The highest BCUT2D eigenvalue weighted by molar-refractivity contribution is 5.71. The molecule has 0 aromatic rings. The number of unbranched alkanes of at least 4 members (excludes halogenated alkanes) is 30. The van der Waals surface area contributed by atoms with Crippen molar-refractivity contribution in [3.63, 3.8) is 0 Å². The van der Waals surface area contributed by atoms with Gasteiger partial charge in [-0.2, -0.15) is 0 Å². The predicted molar refractivity (Wildman–Crippen MR) is 243 cm³/mol. The van der Waals surface area contributed by atoms with E-state index in [-0.39, 0.29) is 31.1 Å². The van der Waals surface area contributed by atoms with Crippen LogP contribution in [0.15, 0.2) is 24.3 Å². The lowest BCUT2D eigenvalue weighted by atomic mass is 10.0. The van der Waals surface area contributed by atoms with E-state index in [1.165, 1.54) is 154 Å². The van der Waals surface area contributed by atoms with Gasteiger partial charge in [0.15, 0.2) is 6.10 Å². The molecule has 0 aliphatic carbocycles. The van der Waals surface area contributed by atoms with E-state index in [0.29, 0.717) is 19.3 Å². The Morgan fingerprint density at radius 1 is 0.333 bits per heavy atom. The third-order valence-electron chi connectivity index (χ3n) is 10.9. The minimum atomic E-state index is -0.772. The van der Waals surface area contributed by atoms with Crippen LogP contribution in [0.5, 0.6) is 0 Å². The van der Waals surface area contributed by atoms with Crippen LogP contribution in [-0.2, 0) is 28.6 Å². The van der Waals surface area contributed by atoms with Gasteiger partial charge in [0.1, 0.15) is 13.2 Å². The number of carbonyl (C=O) groups excluding carboxylic acids is 3. The lowest BCUT2D eigenvalue weighted by molar-refractivity contribution is -0.167. The molecule has 6 heteroatoms. The van der Waals surface area contributed by atoms with Gasteiger partial charge in [0.25, 0.3) is 0 Å². The van der Waals surface area contributed by atoms with Crippen LogP contribution in [0.25, 0.3) is 0 Å². The van der Waals surface area contributed by atoms with Crippen LogP contribution in [0.4, 0.5) is 0 Å². The van der Waals surface area contributed by atoms with Crippen molar-refractivity contribution >= 4 is 17.9 Å². The number of esters is 3. The summed E-state index contributed by atoms with van der Waals surface area (Å²) in [5, 5.41) is 0. The zero-order valence-corrected chi connectivity index (χ0v) is 38.1. The summed E-state index contributed by atoms with van der Waals surface area (Å²) in [7, 11) is 0. The first-order valence-corrected chi connectivity index (χ1v) is 24.8. The van der Waals surface area contributed by atoms with Gasteiger partial charge >= 0.3 is 17.9 Å². The molecule has 0 saturated carbocycles. The van der Waals surface area contributed by atoms with Crippen LogP contribution >= 0.6 is 0 Å². The summed E-state index contributed by atoms with van der Waals surface area (Å²) in [6, 6.07) is 0. The summed E-state index contributed by atoms with van der Waals surface area (Å²) in [6.07, 6.45) is 51.5. The van der Waals surface area contributed by atoms with Crippen molar-refractivity contribution in [3.05, 3.63) is 24.3 Å². The van der Waals surface area contributed by atoms with Crippen LogP contribution in [0, 0.1) is 0 Å². The molecular weight excluding hydrogens is 709 g/mol. The number of hydrogen-bond acceptors (Lipinski definition) is 6. The minimum Gasteiger partial charge on any atom is -0.462 e. The van der Waals surface area contributed by atoms with Crippen molar-refractivity contribution in [2.24, 2.45) is 0 Å². The first-order chi connectivity index (χ1) is 28.0. The summed E-state index contributed by atoms with van der Waals surface area (Å²) in [4.78, 5) is 37.8. The topological polar surface area (TPSA) is 78.9 Å². The summed E-state index contributed by atoms with van der Waals surface area (Å²) in [5.74, 6) is -0.882. The molecule has 6 nitrogen and oxygen atoms in total. The molecular formula is C51H94O6. The van der Waals surface area contributed by atoms with E-state index in [0.717, 1.165) is 70.6 Å². The Hall–Kier alpha value is -2.11. The van der Waals surface area contributed by atoms with Crippen molar-refractivity contribution in [3.8, 4) is 0 Å². The van der Waals surface area contributed by atoms with Crippen LogP contribution < -0.4 is 0 Å². The molecule has 0 N–H and O–H groups in total. The van der Waals surface area contributed by atoms with Gasteiger partial charge in [0, 0.05) is 19.3 Å². The summed E-state index contributed by atoms with van der Waals surface area (Å²) in [6.45, 7) is 6.61. The average molecular weight is 803 g/mol. The van der Waals surface area contributed by atoms with Gasteiger partial charge in [-0.3, -0.25) is 14.4 Å². The molecule has 0 spiro atoms. The molecule has 0 aromatic carbocycles. The van der Waals surface area contributed by atoms with Crippen molar-refractivity contribution in [2.45, 2.75) is 271 Å². The van der Waals surface area contributed by atoms with Gasteiger partial charge in [-0.05, 0) is 70.6 Å². The molecule has 0 rings (SSSR count).